The lowest BCUT2D eigenvalue weighted by Crippen LogP contribution is -2.37. The Bertz CT molecular complexity index is 732. The van der Waals surface area contributed by atoms with Gasteiger partial charge in [-0.1, -0.05) is 6.07 Å². The number of aromatic nitrogens is 2. The Morgan fingerprint density at radius 1 is 1.23 bits per heavy atom. The van der Waals surface area contributed by atoms with Gasteiger partial charge in [-0.3, -0.25) is 4.90 Å². The minimum Gasteiger partial charge on any atom is -0.289 e. The number of benzene rings is 1. The first-order valence-corrected chi connectivity index (χ1v) is 7.64. The molecule has 1 fully saturated rings. The fourth-order valence-corrected chi connectivity index (χ4v) is 3.77. The molecule has 4 rings (SSSR count). The van der Waals surface area contributed by atoms with Gasteiger partial charge in [0, 0.05) is 36.8 Å². The van der Waals surface area contributed by atoms with Gasteiger partial charge in [0.2, 0.25) is 0 Å². The summed E-state index contributed by atoms with van der Waals surface area (Å²) in [6.07, 6.45) is 5.04. The highest BCUT2D eigenvalue weighted by atomic mass is 19.2. The molecule has 0 aliphatic carbocycles. The average Bonchev–Trinajstić information content (AvgIpc) is 2.76. The van der Waals surface area contributed by atoms with Crippen LogP contribution >= 0.6 is 0 Å². The first kappa shape index (κ1) is 13.8. The summed E-state index contributed by atoms with van der Waals surface area (Å²) >= 11 is 0. The molecule has 5 heteroatoms. The molecule has 2 aromatic rings. The van der Waals surface area contributed by atoms with Gasteiger partial charge in [-0.25, -0.2) is 18.7 Å². The second kappa shape index (κ2) is 5.09. The first-order valence-electron chi connectivity index (χ1n) is 7.64. The highest BCUT2D eigenvalue weighted by molar-refractivity contribution is 5.29. The molecule has 1 aromatic carbocycles. The van der Waals surface area contributed by atoms with Crippen molar-refractivity contribution in [2.24, 2.45) is 0 Å². The SMILES string of the molecule is Cc1ncc2c(n1)C[C@H]1CC[C@H]2N1Cc1ccc(F)c(F)c1. The van der Waals surface area contributed by atoms with Crippen molar-refractivity contribution >= 4 is 0 Å². The van der Waals surface area contributed by atoms with Crippen LogP contribution in [-0.2, 0) is 13.0 Å². The molecule has 2 atom stereocenters. The van der Waals surface area contributed by atoms with Crippen molar-refractivity contribution in [2.45, 2.75) is 44.8 Å². The molecule has 0 saturated carbocycles. The van der Waals surface area contributed by atoms with E-state index in [1.54, 1.807) is 6.07 Å². The molecule has 0 unspecified atom stereocenters. The van der Waals surface area contributed by atoms with Crippen LogP contribution in [0.3, 0.4) is 0 Å². The van der Waals surface area contributed by atoms with E-state index < -0.39 is 11.6 Å². The zero-order chi connectivity index (χ0) is 15.3. The summed E-state index contributed by atoms with van der Waals surface area (Å²) in [5.74, 6) is -0.756. The predicted octanol–water partition coefficient (Wildman–Crippen LogP) is 3.33. The van der Waals surface area contributed by atoms with E-state index in [9.17, 15) is 8.78 Å². The summed E-state index contributed by atoms with van der Waals surface area (Å²) in [5.41, 5.74) is 3.16. The van der Waals surface area contributed by atoms with Crippen LogP contribution in [0.5, 0.6) is 0 Å². The Kier molecular flexibility index (Phi) is 3.18. The molecule has 0 radical (unpaired) electrons. The van der Waals surface area contributed by atoms with Crippen molar-refractivity contribution in [3.8, 4) is 0 Å². The van der Waals surface area contributed by atoms with Crippen molar-refractivity contribution in [1.29, 1.82) is 0 Å². The van der Waals surface area contributed by atoms with Gasteiger partial charge in [-0.15, -0.1) is 0 Å². The lowest BCUT2D eigenvalue weighted by molar-refractivity contribution is 0.165. The Morgan fingerprint density at radius 3 is 2.91 bits per heavy atom. The standard InChI is InChI=1S/C17H17F2N3/c1-10-20-8-13-16(21-10)7-12-3-5-17(13)22(12)9-11-2-4-14(18)15(19)6-11/h2,4,6,8,12,17H,3,5,7,9H2,1H3/t12-,17-/m1/s1. The van der Waals surface area contributed by atoms with E-state index in [1.807, 2.05) is 13.1 Å². The van der Waals surface area contributed by atoms with E-state index in [0.717, 1.165) is 36.3 Å². The number of aryl methyl sites for hydroxylation is 1. The third-order valence-electron chi connectivity index (χ3n) is 4.80. The molecular formula is C17H17F2N3. The summed E-state index contributed by atoms with van der Waals surface area (Å²) in [5, 5.41) is 0. The second-order valence-corrected chi connectivity index (χ2v) is 6.19. The van der Waals surface area contributed by atoms with E-state index in [0.29, 0.717) is 18.6 Å². The summed E-state index contributed by atoms with van der Waals surface area (Å²) in [7, 11) is 0. The summed E-state index contributed by atoms with van der Waals surface area (Å²) in [4.78, 5) is 11.3. The Labute approximate surface area is 128 Å². The number of hydrogen-bond acceptors (Lipinski definition) is 3. The number of nitrogens with zero attached hydrogens (tertiary/aromatic N) is 3. The van der Waals surface area contributed by atoms with Gasteiger partial charge in [0.15, 0.2) is 11.6 Å². The maximum Gasteiger partial charge on any atom is 0.159 e. The van der Waals surface area contributed by atoms with Crippen LogP contribution < -0.4 is 0 Å². The summed E-state index contributed by atoms with van der Waals surface area (Å²) in [6.45, 7) is 2.55. The molecule has 114 valence electrons. The van der Waals surface area contributed by atoms with E-state index in [2.05, 4.69) is 14.9 Å². The Balaban J connectivity index is 1.64. The molecular weight excluding hydrogens is 284 g/mol. The van der Waals surface area contributed by atoms with Gasteiger partial charge < -0.3 is 0 Å². The lowest BCUT2D eigenvalue weighted by Gasteiger charge is -2.35. The van der Waals surface area contributed by atoms with Crippen molar-refractivity contribution < 1.29 is 8.78 Å². The third-order valence-corrected chi connectivity index (χ3v) is 4.80. The van der Waals surface area contributed by atoms with Gasteiger partial charge in [0.05, 0.1) is 5.69 Å². The molecule has 2 aliphatic rings. The molecule has 0 N–H and O–H groups in total. The molecule has 22 heavy (non-hydrogen) atoms. The van der Waals surface area contributed by atoms with Crippen molar-refractivity contribution in [3.63, 3.8) is 0 Å². The molecule has 3 nitrogen and oxygen atoms in total. The highest BCUT2D eigenvalue weighted by Gasteiger charge is 2.40. The zero-order valence-electron chi connectivity index (χ0n) is 12.4. The number of hydrogen-bond donors (Lipinski definition) is 0. The molecule has 2 bridgehead atoms. The minimum absolute atomic E-state index is 0.294. The maximum absolute atomic E-state index is 13.4. The van der Waals surface area contributed by atoms with Crippen LogP contribution in [0.1, 0.15) is 41.5 Å². The Hall–Kier alpha value is -1.88. The van der Waals surface area contributed by atoms with Gasteiger partial charge in [0.25, 0.3) is 0 Å². The van der Waals surface area contributed by atoms with E-state index in [4.69, 9.17) is 0 Å². The van der Waals surface area contributed by atoms with E-state index in [1.165, 1.54) is 17.7 Å². The molecule has 1 aromatic heterocycles. The van der Waals surface area contributed by atoms with Crippen LogP contribution in [0.2, 0.25) is 0 Å². The van der Waals surface area contributed by atoms with Crippen LogP contribution in [0.25, 0.3) is 0 Å². The topological polar surface area (TPSA) is 29.0 Å². The minimum atomic E-state index is -0.792. The second-order valence-electron chi connectivity index (χ2n) is 6.19. The quantitative estimate of drug-likeness (QED) is 0.852. The third kappa shape index (κ3) is 2.20. The van der Waals surface area contributed by atoms with Crippen LogP contribution in [0.15, 0.2) is 24.4 Å². The van der Waals surface area contributed by atoms with Crippen molar-refractivity contribution in [2.75, 3.05) is 0 Å². The molecule has 2 aliphatic heterocycles. The van der Waals surface area contributed by atoms with E-state index >= 15 is 0 Å². The number of halogens is 2. The summed E-state index contributed by atoms with van der Waals surface area (Å²) < 4.78 is 26.5. The van der Waals surface area contributed by atoms with Crippen LogP contribution in [-0.4, -0.2) is 20.9 Å². The van der Waals surface area contributed by atoms with Gasteiger partial charge in [-0.2, -0.15) is 0 Å². The molecule has 0 amide bonds. The monoisotopic (exact) mass is 301 g/mol. The fraction of sp³-hybridized carbons (Fsp3) is 0.412. The number of rotatable bonds is 2. The van der Waals surface area contributed by atoms with Gasteiger partial charge in [-0.05, 0) is 37.5 Å². The van der Waals surface area contributed by atoms with Crippen LogP contribution in [0.4, 0.5) is 8.78 Å². The van der Waals surface area contributed by atoms with Gasteiger partial charge in [0.1, 0.15) is 5.82 Å². The fourth-order valence-electron chi connectivity index (χ4n) is 3.77. The van der Waals surface area contributed by atoms with Crippen molar-refractivity contribution in [3.05, 3.63) is 58.7 Å². The predicted molar refractivity (Wildman–Crippen MR) is 78.1 cm³/mol. The first-order chi connectivity index (χ1) is 10.6. The molecule has 1 saturated heterocycles. The summed E-state index contributed by atoms with van der Waals surface area (Å²) in [6, 6.07) is 4.90. The lowest BCUT2D eigenvalue weighted by atomic mass is 9.98. The van der Waals surface area contributed by atoms with Crippen LogP contribution in [0, 0.1) is 18.6 Å². The largest absolute Gasteiger partial charge is 0.289 e. The molecule has 0 spiro atoms. The van der Waals surface area contributed by atoms with E-state index in [-0.39, 0.29) is 0 Å². The Morgan fingerprint density at radius 2 is 2.09 bits per heavy atom. The average molecular weight is 301 g/mol. The number of fused-ring (bicyclic) bond motifs is 4. The van der Waals surface area contributed by atoms with Gasteiger partial charge >= 0.3 is 0 Å². The normalized spacial score (nSPS) is 23.6. The smallest absolute Gasteiger partial charge is 0.159 e. The molecule has 3 heterocycles. The highest BCUT2D eigenvalue weighted by Crippen LogP contribution is 2.43. The maximum atomic E-state index is 13.4. The zero-order valence-corrected chi connectivity index (χ0v) is 12.4. The van der Waals surface area contributed by atoms with Crippen molar-refractivity contribution in [1.82, 2.24) is 14.9 Å².